The van der Waals surface area contributed by atoms with Gasteiger partial charge in [-0.2, -0.15) is 24.7 Å². The van der Waals surface area contributed by atoms with Crippen LogP contribution in [0.25, 0.3) is 28.2 Å². The molecular weight excluding hydrogens is 356 g/mol. The van der Waals surface area contributed by atoms with E-state index in [-0.39, 0.29) is 5.56 Å². The van der Waals surface area contributed by atoms with Crippen LogP contribution in [-0.4, -0.2) is 33.9 Å². The van der Waals surface area contributed by atoms with Crippen LogP contribution in [0.15, 0.2) is 59.9 Å². The summed E-state index contributed by atoms with van der Waals surface area (Å²) in [5, 5.41) is 18.2. The molecule has 9 nitrogen and oxygen atoms in total. The largest absolute Gasteiger partial charge is 0.269 e. The zero-order valence-electron chi connectivity index (χ0n) is 14.7. The molecule has 0 N–H and O–H groups in total. The highest BCUT2D eigenvalue weighted by atomic mass is 16.1. The highest BCUT2D eigenvalue weighted by Gasteiger charge is 2.17. The molecule has 4 heterocycles. The number of para-hydroxylation sites is 1. The minimum Gasteiger partial charge on any atom is -0.268 e. The molecule has 0 unspecified atom stereocenters. The maximum Gasteiger partial charge on any atom is 0.269 e. The summed E-state index contributed by atoms with van der Waals surface area (Å²) >= 11 is 0. The van der Waals surface area contributed by atoms with Gasteiger partial charge in [0.05, 0.1) is 18.1 Å². The quantitative estimate of drug-likeness (QED) is 0.470. The average Bonchev–Trinajstić information content (AvgIpc) is 3.32. The first-order valence-electron chi connectivity index (χ1n) is 8.44. The SMILES string of the molecule is Cc1cc(-n2ncc3c(=O)n(-c4ccccc4)cnc32)n2ncc(C#N)c2n1. The fourth-order valence-corrected chi connectivity index (χ4v) is 3.15. The van der Waals surface area contributed by atoms with Crippen LogP contribution in [-0.2, 0) is 0 Å². The average molecular weight is 368 g/mol. The Morgan fingerprint density at radius 3 is 2.68 bits per heavy atom. The zero-order valence-corrected chi connectivity index (χ0v) is 14.7. The second kappa shape index (κ2) is 5.85. The molecule has 5 rings (SSSR count). The summed E-state index contributed by atoms with van der Waals surface area (Å²) in [7, 11) is 0. The Morgan fingerprint density at radius 1 is 1.07 bits per heavy atom. The standard InChI is InChI=1S/C19H12N8O/c1-12-7-16(26-17(24-12)13(8-20)9-22-26)27-18-15(10-23-27)19(28)25(11-21-18)14-5-3-2-4-6-14/h2-7,9-11H,1H3. The third kappa shape index (κ3) is 2.22. The molecule has 0 aliphatic heterocycles. The molecule has 0 fully saturated rings. The molecule has 1 aromatic carbocycles. The van der Waals surface area contributed by atoms with Crippen LogP contribution in [0.1, 0.15) is 11.3 Å². The highest BCUT2D eigenvalue weighted by Crippen LogP contribution is 2.18. The van der Waals surface area contributed by atoms with E-state index in [9.17, 15) is 10.1 Å². The molecule has 0 spiro atoms. The van der Waals surface area contributed by atoms with Crippen molar-refractivity contribution in [1.29, 1.82) is 5.26 Å². The summed E-state index contributed by atoms with van der Waals surface area (Å²) < 4.78 is 4.52. The lowest BCUT2D eigenvalue weighted by Crippen LogP contribution is -2.19. The normalized spacial score (nSPS) is 11.1. The van der Waals surface area contributed by atoms with E-state index in [1.807, 2.05) is 37.3 Å². The van der Waals surface area contributed by atoms with Crippen LogP contribution in [0.4, 0.5) is 0 Å². The van der Waals surface area contributed by atoms with E-state index in [4.69, 9.17) is 0 Å². The van der Waals surface area contributed by atoms with E-state index in [1.54, 1.807) is 6.07 Å². The van der Waals surface area contributed by atoms with Crippen molar-refractivity contribution in [3.05, 3.63) is 76.7 Å². The van der Waals surface area contributed by atoms with Gasteiger partial charge in [-0.1, -0.05) is 18.2 Å². The van der Waals surface area contributed by atoms with Crippen molar-refractivity contribution < 1.29 is 0 Å². The van der Waals surface area contributed by atoms with E-state index < -0.39 is 0 Å². The molecule has 0 saturated carbocycles. The molecule has 0 bridgehead atoms. The number of aromatic nitrogens is 7. The molecule has 134 valence electrons. The van der Waals surface area contributed by atoms with Crippen molar-refractivity contribution in [3.63, 3.8) is 0 Å². The van der Waals surface area contributed by atoms with Gasteiger partial charge in [0, 0.05) is 11.8 Å². The molecule has 9 heteroatoms. The van der Waals surface area contributed by atoms with Crippen molar-refractivity contribution in [2.45, 2.75) is 6.92 Å². The Labute approximate surface area is 157 Å². The van der Waals surface area contributed by atoms with Crippen LogP contribution >= 0.6 is 0 Å². The van der Waals surface area contributed by atoms with Crippen LogP contribution in [0.2, 0.25) is 0 Å². The van der Waals surface area contributed by atoms with E-state index in [0.717, 1.165) is 5.69 Å². The Kier molecular flexibility index (Phi) is 3.32. The number of hydrogen-bond acceptors (Lipinski definition) is 6. The van der Waals surface area contributed by atoms with Gasteiger partial charge in [0.2, 0.25) is 0 Å². The van der Waals surface area contributed by atoms with Gasteiger partial charge in [0.15, 0.2) is 17.1 Å². The van der Waals surface area contributed by atoms with Gasteiger partial charge in [-0.05, 0) is 19.1 Å². The third-order valence-corrected chi connectivity index (χ3v) is 4.44. The van der Waals surface area contributed by atoms with Gasteiger partial charge in [-0.25, -0.2) is 9.97 Å². The third-order valence-electron chi connectivity index (χ3n) is 4.44. The Hall–Kier alpha value is -4.32. The molecule has 0 atom stereocenters. The van der Waals surface area contributed by atoms with E-state index in [0.29, 0.717) is 33.8 Å². The first-order chi connectivity index (χ1) is 13.7. The Bertz CT molecular complexity index is 1450. The molecule has 0 aliphatic carbocycles. The lowest BCUT2D eigenvalue weighted by atomic mass is 10.3. The maximum absolute atomic E-state index is 12.9. The van der Waals surface area contributed by atoms with Gasteiger partial charge in [0.1, 0.15) is 23.3 Å². The lowest BCUT2D eigenvalue weighted by molar-refractivity contribution is 0.787. The van der Waals surface area contributed by atoms with Crippen LogP contribution in [0.3, 0.4) is 0 Å². The monoisotopic (exact) mass is 368 g/mol. The molecule has 28 heavy (non-hydrogen) atoms. The number of fused-ring (bicyclic) bond motifs is 2. The lowest BCUT2D eigenvalue weighted by Gasteiger charge is -2.08. The fraction of sp³-hybridized carbons (Fsp3) is 0.0526. The van der Waals surface area contributed by atoms with Gasteiger partial charge < -0.3 is 0 Å². The van der Waals surface area contributed by atoms with Gasteiger partial charge >= 0.3 is 0 Å². The minimum absolute atomic E-state index is 0.220. The highest BCUT2D eigenvalue weighted by molar-refractivity contribution is 5.75. The predicted octanol–water partition coefficient (Wildman–Crippen LogP) is 1.79. The Balaban J connectivity index is 1.77. The summed E-state index contributed by atoms with van der Waals surface area (Å²) in [5.74, 6) is 0.545. The molecule has 0 aliphatic rings. The van der Waals surface area contributed by atoms with Gasteiger partial charge in [-0.3, -0.25) is 9.36 Å². The molecule has 0 amide bonds. The van der Waals surface area contributed by atoms with E-state index in [2.05, 4.69) is 26.2 Å². The first kappa shape index (κ1) is 15.9. The number of hydrogen-bond donors (Lipinski definition) is 0. The second-order valence-electron chi connectivity index (χ2n) is 6.21. The summed E-state index contributed by atoms with van der Waals surface area (Å²) in [5.41, 5.74) is 2.39. The number of nitrogens with zero attached hydrogens (tertiary/aromatic N) is 8. The summed E-state index contributed by atoms with van der Waals surface area (Å²) in [6.07, 6.45) is 4.42. The van der Waals surface area contributed by atoms with Crippen LogP contribution in [0, 0.1) is 18.3 Å². The van der Waals surface area contributed by atoms with Crippen molar-refractivity contribution in [2.24, 2.45) is 0 Å². The van der Waals surface area contributed by atoms with Crippen LogP contribution < -0.4 is 5.56 Å². The molecular formula is C19H12N8O. The topological polar surface area (TPSA) is 107 Å². The number of nitriles is 1. The molecule has 5 aromatic rings. The number of benzene rings is 1. The van der Waals surface area contributed by atoms with Gasteiger partial charge in [-0.15, -0.1) is 0 Å². The van der Waals surface area contributed by atoms with E-state index in [1.165, 1.54) is 32.5 Å². The molecule has 0 radical (unpaired) electrons. The predicted molar refractivity (Wildman–Crippen MR) is 100 cm³/mol. The zero-order chi connectivity index (χ0) is 19.3. The summed E-state index contributed by atoms with van der Waals surface area (Å²) in [6.45, 7) is 1.82. The second-order valence-corrected chi connectivity index (χ2v) is 6.21. The van der Waals surface area contributed by atoms with Crippen molar-refractivity contribution in [1.82, 2.24) is 33.9 Å². The van der Waals surface area contributed by atoms with E-state index >= 15 is 0 Å². The maximum atomic E-state index is 12.9. The summed E-state index contributed by atoms with van der Waals surface area (Å²) in [4.78, 5) is 21.8. The smallest absolute Gasteiger partial charge is 0.268 e. The Morgan fingerprint density at radius 2 is 1.89 bits per heavy atom. The molecule has 4 aromatic heterocycles. The van der Waals surface area contributed by atoms with Gasteiger partial charge in [0.25, 0.3) is 5.56 Å². The fourth-order valence-electron chi connectivity index (χ4n) is 3.15. The van der Waals surface area contributed by atoms with Crippen molar-refractivity contribution >= 4 is 16.7 Å². The molecule has 0 saturated heterocycles. The van der Waals surface area contributed by atoms with Crippen molar-refractivity contribution in [3.8, 4) is 17.6 Å². The van der Waals surface area contributed by atoms with Crippen LogP contribution in [0.5, 0.6) is 0 Å². The minimum atomic E-state index is -0.220. The number of aryl methyl sites for hydroxylation is 1. The first-order valence-corrected chi connectivity index (χ1v) is 8.44. The number of rotatable bonds is 2. The van der Waals surface area contributed by atoms with Crippen molar-refractivity contribution in [2.75, 3.05) is 0 Å². The summed E-state index contributed by atoms with van der Waals surface area (Å²) in [6, 6.07) is 13.1.